The fourth-order valence-corrected chi connectivity index (χ4v) is 2.85. The first kappa shape index (κ1) is 16.0. The van der Waals surface area contributed by atoms with Gasteiger partial charge in [-0.2, -0.15) is 5.10 Å². The van der Waals surface area contributed by atoms with Crippen LogP contribution in [-0.2, 0) is 16.6 Å². The molecule has 0 aliphatic carbocycles. The molecular formula is C17H14ClN3O3. The van der Waals surface area contributed by atoms with Gasteiger partial charge < -0.3 is 9.67 Å². The summed E-state index contributed by atoms with van der Waals surface area (Å²) in [6.45, 7) is 1.80. The van der Waals surface area contributed by atoms with Crippen LogP contribution in [0.3, 0.4) is 0 Å². The number of carboxylic acids is 1. The number of halogens is 1. The van der Waals surface area contributed by atoms with E-state index in [9.17, 15) is 9.59 Å². The summed E-state index contributed by atoms with van der Waals surface area (Å²) >= 11 is 6.02. The first-order valence-electron chi connectivity index (χ1n) is 7.14. The molecule has 0 saturated carbocycles. The van der Waals surface area contributed by atoms with E-state index in [1.807, 2.05) is 29.0 Å². The Morgan fingerprint density at radius 2 is 2.04 bits per heavy atom. The molecule has 3 aromatic rings. The third-order valence-electron chi connectivity index (χ3n) is 3.73. The molecular weight excluding hydrogens is 330 g/mol. The van der Waals surface area contributed by atoms with Crippen molar-refractivity contribution in [2.45, 2.75) is 6.92 Å². The van der Waals surface area contributed by atoms with E-state index in [4.69, 9.17) is 16.7 Å². The van der Waals surface area contributed by atoms with E-state index in [0.717, 1.165) is 22.8 Å². The lowest BCUT2D eigenvalue weighted by Crippen LogP contribution is -2.08. The van der Waals surface area contributed by atoms with Gasteiger partial charge in [0.15, 0.2) is 0 Å². The van der Waals surface area contributed by atoms with E-state index < -0.39 is 11.8 Å². The smallest absolute Gasteiger partial charge is 0.376 e. The summed E-state index contributed by atoms with van der Waals surface area (Å²) in [5.74, 6) is -1.73. The van der Waals surface area contributed by atoms with Crippen LogP contribution in [0.5, 0.6) is 0 Å². The molecule has 0 radical (unpaired) electrons. The van der Waals surface area contributed by atoms with Crippen LogP contribution in [0.1, 0.15) is 11.3 Å². The lowest BCUT2D eigenvalue weighted by molar-refractivity contribution is -0.146. The highest BCUT2D eigenvalue weighted by Crippen LogP contribution is 2.27. The minimum absolute atomic E-state index is 0.647. The maximum absolute atomic E-state index is 11.3. The third kappa shape index (κ3) is 2.72. The highest BCUT2D eigenvalue weighted by molar-refractivity contribution is 6.38. The summed E-state index contributed by atoms with van der Waals surface area (Å²) in [5, 5.41) is 14.7. The second-order valence-electron chi connectivity index (χ2n) is 5.34. The van der Waals surface area contributed by atoms with Gasteiger partial charge in [-0.05, 0) is 43.3 Å². The zero-order valence-electron chi connectivity index (χ0n) is 13.0. The quantitative estimate of drug-likeness (QED) is 0.583. The molecule has 0 aliphatic rings. The number of aryl methyl sites for hydroxylation is 2. The lowest BCUT2D eigenvalue weighted by atomic mass is 10.2. The van der Waals surface area contributed by atoms with Gasteiger partial charge in [-0.3, -0.25) is 9.48 Å². The van der Waals surface area contributed by atoms with Crippen LogP contribution >= 0.6 is 11.6 Å². The van der Waals surface area contributed by atoms with Crippen molar-refractivity contribution >= 4 is 40.3 Å². The Hall–Kier alpha value is -2.86. The molecule has 0 fully saturated rings. The van der Waals surface area contributed by atoms with E-state index in [1.165, 1.54) is 6.08 Å². The van der Waals surface area contributed by atoms with Crippen LogP contribution < -0.4 is 0 Å². The van der Waals surface area contributed by atoms with E-state index in [2.05, 4.69) is 5.10 Å². The molecule has 1 aromatic carbocycles. The number of carbonyl (C=O) groups excluding carboxylic acids is 1. The predicted octanol–water partition coefficient (Wildman–Crippen LogP) is 2.99. The monoisotopic (exact) mass is 343 g/mol. The maximum atomic E-state index is 11.3. The van der Waals surface area contributed by atoms with Gasteiger partial charge in [-0.25, -0.2) is 4.79 Å². The number of aliphatic carboxylic acids is 1. The Morgan fingerprint density at radius 3 is 2.75 bits per heavy atom. The summed E-state index contributed by atoms with van der Waals surface area (Å²) < 4.78 is 3.62. The molecule has 122 valence electrons. The normalized spacial score (nSPS) is 11.5. The van der Waals surface area contributed by atoms with Crippen LogP contribution in [-0.4, -0.2) is 31.2 Å². The molecule has 24 heavy (non-hydrogen) atoms. The van der Waals surface area contributed by atoms with Gasteiger partial charge in [0.2, 0.25) is 0 Å². The minimum atomic E-state index is -1.49. The molecule has 0 saturated heterocycles. The molecule has 0 spiro atoms. The maximum Gasteiger partial charge on any atom is 0.376 e. The first-order valence-corrected chi connectivity index (χ1v) is 7.52. The van der Waals surface area contributed by atoms with E-state index in [0.29, 0.717) is 16.3 Å². The van der Waals surface area contributed by atoms with Gasteiger partial charge in [0.25, 0.3) is 5.78 Å². The average molecular weight is 344 g/mol. The molecule has 7 heteroatoms. The summed E-state index contributed by atoms with van der Waals surface area (Å²) in [6, 6.07) is 7.49. The molecule has 1 N–H and O–H groups in total. The molecule has 0 bridgehead atoms. The van der Waals surface area contributed by atoms with Crippen LogP contribution in [0.25, 0.3) is 22.8 Å². The lowest BCUT2D eigenvalue weighted by Gasteiger charge is -2.08. The molecule has 3 rings (SSSR count). The van der Waals surface area contributed by atoms with Crippen molar-refractivity contribution in [2.24, 2.45) is 7.05 Å². The topological polar surface area (TPSA) is 77.1 Å². The van der Waals surface area contributed by atoms with Gasteiger partial charge in [0.1, 0.15) is 5.82 Å². The van der Waals surface area contributed by atoms with Gasteiger partial charge in [0, 0.05) is 29.2 Å². The third-order valence-corrected chi connectivity index (χ3v) is 3.96. The van der Waals surface area contributed by atoms with E-state index >= 15 is 0 Å². The molecule has 6 nitrogen and oxygen atoms in total. The van der Waals surface area contributed by atoms with Crippen molar-refractivity contribution in [1.82, 2.24) is 14.3 Å². The fraction of sp³-hybridized carbons (Fsp3) is 0.118. The number of benzene rings is 1. The van der Waals surface area contributed by atoms with Gasteiger partial charge in [0.05, 0.1) is 11.2 Å². The van der Waals surface area contributed by atoms with Crippen LogP contribution in [0, 0.1) is 6.92 Å². The minimum Gasteiger partial charge on any atom is -0.475 e. The zero-order valence-corrected chi connectivity index (χ0v) is 13.8. The van der Waals surface area contributed by atoms with Crippen molar-refractivity contribution < 1.29 is 14.7 Å². The number of hydrogen-bond donors (Lipinski definition) is 1. The first-order chi connectivity index (χ1) is 11.4. The van der Waals surface area contributed by atoms with Gasteiger partial charge in [-0.1, -0.05) is 11.6 Å². The summed E-state index contributed by atoms with van der Waals surface area (Å²) in [7, 11) is 1.79. The zero-order chi connectivity index (χ0) is 17.4. The number of fused-ring (bicyclic) bond motifs is 1. The molecule has 0 amide bonds. The Kier molecular flexibility index (Phi) is 3.99. The Morgan fingerprint density at radius 1 is 1.29 bits per heavy atom. The van der Waals surface area contributed by atoms with Crippen LogP contribution in [0.4, 0.5) is 0 Å². The second-order valence-corrected chi connectivity index (χ2v) is 5.77. The number of aromatic nitrogens is 3. The number of carbonyl (C=O) groups is 2. The SMILES string of the molecule is Cc1nn(C)c(-n2ccc3cc(Cl)ccc32)c1/C=C/C(=O)C(=O)O. The molecule has 0 unspecified atom stereocenters. The van der Waals surface area contributed by atoms with Gasteiger partial charge in [-0.15, -0.1) is 0 Å². The number of carboxylic acid groups (broad SMARTS) is 1. The van der Waals surface area contributed by atoms with Crippen molar-refractivity contribution in [3.05, 3.63) is 52.8 Å². The highest BCUT2D eigenvalue weighted by atomic mass is 35.5. The standard InChI is InChI=1S/C17H14ClN3O3/c1-10-13(4-6-15(22)17(23)24)16(20(2)19-10)21-8-7-11-9-12(18)3-5-14(11)21/h3-9H,1-2H3,(H,23,24)/b6-4+. The van der Waals surface area contributed by atoms with Crippen molar-refractivity contribution in [1.29, 1.82) is 0 Å². The summed E-state index contributed by atoms with van der Waals surface area (Å²) in [6.07, 6.45) is 4.40. The number of ketones is 1. The fourth-order valence-electron chi connectivity index (χ4n) is 2.67. The average Bonchev–Trinajstić information content (AvgIpc) is 3.04. The molecule has 0 atom stereocenters. The summed E-state index contributed by atoms with van der Waals surface area (Å²) in [5.41, 5.74) is 2.30. The Bertz CT molecular complexity index is 998. The summed E-state index contributed by atoms with van der Waals surface area (Å²) in [4.78, 5) is 22.0. The van der Waals surface area contributed by atoms with Gasteiger partial charge >= 0.3 is 5.97 Å². The van der Waals surface area contributed by atoms with E-state index in [1.54, 1.807) is 24.7 Å². The van der Waals surface area contributed by atoms with Crippen LogP contribution in [0.15, 0.2) is 36.5 Å². The number of hydrogen-bond acceptors (Lipinski definition) is 3. The largest absolute Gasteiger partial charge is 0.475 e. The molecule has 0 aliphatic heterocycles. The Labute approximate surface area is 142 Å². The number of nitrogens with zero attached hydrogens (tertiary/aromatic N) is 3. The van der Waals surface area contributed by atoms with Crippen molar-refractivity contribution in [3.8, 4) is 5.82 Å². The highest BCUT2D eigenvalue weighted by Gasteiger charge is 2.16. The molecule has 2 aromatic heterocycles. The Balaban J connectivity index is 2.17. The second kappa shape index (κ2) is 5.98. The van der Waals surface area contributed by atoms with Crippen molar-refractivity contribution in [3.63, 3.8) is 0 Å². The molecule has 2 heterocycles. The van der Waals surface area contributed by atoms with Crippen molar-refractivity contribution in [2.75, 3.05) is 0 Å². The van der Waals surface area contributed by atoms with E-state index in [-0.39, 0.29) is 0 Å². The predicted molar refractivity (Wildman–Crippen MR) is 91.5 cm³/mol. The van der Waals surface area contributed by atoms with Crippen LogP contribution in [0.2, 0.25) is 5.02 Å². The number of rotatable bonds is 4.